The minimum Gasteiger partial charge on any atom is -0.507 e. The Labute approximate surface area is 128 Å². The van der Waals surface area contributed by atoms with Gasteiger partial charge in [-0.05, 0) is 41.5 Å². The number of nitrogen functional groups attached to an aromatic ring is 1. The van der Waals surface area contributed by atoms with Crippen LogP contribution in [0.1, 0.15) is 11.1 Å². The first kappa shape index (κ1) is 13.8. The molecular formula is C18H15N3O. The molecule has 0 bridgehead atoms. The van der Waals surface area contributed by atoms with Crippen LogP contribution in [-0.4, -0.2) is 15.1 Å². The molecule has 0 atom stereocenters. The van der Waals surface area contributed by atoms with Crippen molar-refractivity contribution in [2.45, 2.75) is 0 Å². The summed E-state index contributed by atoms with van der Waals surface area (Å²) in [5.41, 5.74) is 9.06. The number of anilines is 1. The summed E-state index contributed by atoms with van der Waals surface area (Å²) in [5.74, 6) is 0.659. The van der Waals surface area contributed by atoms with Crippen LogP contribution in [0.5, 0.6) is 5.75 Å². The number of phenolic OH excluding ortho intramolecular Hbond substituents is 1. The van der Waals surface area contributed by atoms with E-state index in [2.05, 4.69) is 9.97 Å². The van der Waals surface area contributed by atoms with Crippen LogP contribution in [0.3, 0.4) is 0 Å². The first-order chi connectivity index (χ1) is 10.7. The second-order valence-electron chi connectivity index (χ2n) is 4.85. The van der Waals surface area contributed by atoms with E-state index in [0.717, 1.165) is 16.8 Å². The molecule has 0 amide bonds. The van der Waals surface area contributed by atoms with Crippen molar-refractivity contribution in [1.82, 2.24) is 9.97 Å². The Balaban J connectivity index is 1.93. The maximum atomic E-state index is 9.99. The topological polar surface area (TPSA) is 72.0 Å². The fourth-order valence-corrected chi connectivity index (χ4v) is 2.13. The van der Waals surface area contributed by atoms with E-state index in [1.165, 1.54) is 0 Å². The number of nitrogens with two attached hydrogens (primary N) is 1. The molecule has 0 saturated heterocycles. The molecule has 0 fully saturated rings. The fourth-order valence-electron chi connectivity index (χ4n) is 2.13. The number of hydrogen-bond donors (Lipinski definition) is 2. The lowest BCUT2D eigenvalue weighted by molar-refractivity contribution is 0.477. The van der Waals surface area contributed by atoms with E-state index in [1.807, 2.05) is 48.6 Å². The monoisotopic (exact) mass is 289 g/mol. The van der Waals surface area contributed by atoms with Gasteiger partial charge in [0.1, 0.15) is 5.75 Å². The Kier molecular flexibility index (Phi) is 3.83. The lowest BCUT2D eigenvalue weighted by Gasteiger charge is -2.04. The fraction of sp³-hybridized carbons (Fsp3) is 0. The van der Waals surface area contributed by atoms with Crippen molar-refractivity contribution in [2.75, 3.05) is 5.73 Å². The average Bonchev–Trinajstić information content (AvgIpc) is 2.55. The highest BCUT2D eigenvalue weighted by Gasteiger charge is 2.06. The third-order valence-electron chi connectivity index (χ3n) is 3.21. The molecule has 22 heavy (non-hydrogen) atoms. The first-order valence-corrected chi connectivity index (χ1v) is 6.86. The maximum absolute atomic E-state index is 9.99. The molecule has 0 unspecified atom stereocenters. The summed E-state index contributed by atoms with van der Waals surface area (Å²) >= 11 is 0. The van der Waals surface area contributed by atoms with Crippen LogP contribution in [-0.2, 0) is 0 Å². The summed E-state index contributed by atoms with van der Waals surface area (Å²) in [6.45, 7) is 0. The van der Waals surface area contributed by atoms with Gasteiger partial charge in [-0.15, -0.1) is 0 Å². The lowest BCUT2D eigenvalue weighted by atomic mass is 10.1. The Hall–Kier alpha value is -3.14. The Morgan fingerprint density at radius 1 is 0.864 bits per heavy atom. The van der Waals surface area contributed by atoms with E-state index in [1.54, 1.807) is 24.5 Å². The molecule has 0 radical (unpaired) electrons. The zero-order chi connectivity index (χ0) is 15.4. The molecule has 3 aromatic rings. The summed E-state index contributed by atoms with van der Waals surface area (Å²) < 4.78 is 0. The Morgan fingerprint density at radius 3 is 2.32 bits per heavy atom. The molecule has 3 rings (SSSR count). The molecule has 108 valence electrons. The summed E-state index contributed by atoms with van der Waals surface area (Å²) in [6, 6.07) is 14.7. The minimum atomic E-state index is 0.160. The third kappa shape index (κ3) is 3.12. The van der Waals surface area contributed by atoms with Crippen molar-refractivity contribution in [3.63, 3.8) is 0 Å². The number of rotatable bonds is 3. The van der Waals surface area contributed by atoms with E-state index in [-0.39, 0.29) is 5.75 Å². The van der Waals surface area contributed by atoms with Crippen molar-refractivity contribution < 1.29 is 5.11 Å². The van der Waals surface area contributed by atoms with Gasteiger partial charge in [0.2, 0.25) is 0 Å². The number of aromatic nitrogens is 2. The van der Waals surface area contributed by atoms with Crippen molar-refractivity contribution in [2.24, 2.45) is 0 Å². The van der Waals surface area contributed by atoms with Crippen molar-refractivity contribution in [3.8, 4) is 17.1 Å². The van der Waals surface area contributed by atoms with Gasteiger partial charge in [0.15, 0.2) is 5.82 Å². The molecule has 0 saturated carbocycles. The largest absolute Gasteiger partial charge is 0.507 e. The normalized spacial score (nSPS) is 10.9. The van der Waals surface area contributed by atoms with Crippen molar-refractivity contribution in [3.05, 3.63) is 72.1 Å². The van der Waals surface area contributed by atoms with Crippen LogP contribution in [0.2, 0.25) is 0 Å². The molecule has 0 aliphatic rings. The van der Waals surface area contributed by atoms with E-state index < -0.39 is 0 Å². The van der Waals surface area contributed by atoms with E-state index in [4.69, 9.17) is 5.73 Å². The minimum absolute atomic E-state index is 0.160. The number of aromatic hydroxyl groups is 1. The maximum Gasteiger partial charge on any atom is 0.162 e. The molecule has 0 spiro atoms. The number of phenols is 1. The van der Waals surface area contributed by atoms with E-state index in [0.29, 0.717) is 11.4 Å². The van der Waals surface area contributed by atoms with Gasteiger partial charge in [-0.2, -0.15) is 0 Å². The zero-order valence-corrected chi connectivity index (χ0v) is 11.8. The molecule has 4 heteroatoms. The van der Waals surface area contributed by atoms with Crippen LogP contribution in [0, 0.1) is 0 Å². The highest BCUT2D eigenvalue weighted by molar-refractivity contribution is 5.75. The third-order valence-corrected chi connectivity index (χ3v) is 3.21. The van der Waals surface area contributed by atoms with Gasteiger partial charge in [-0.1, -0.05) is 30.4 Å². The van der Waals surface area contributed by atoms with Gasteiger partial charge in [-0.25, -0.2) is 9.97 Å². The van der Waals surface area contributed by atoms with Crippen LogP contribution in [0.4, 0.5) is 5.69 Å². The molecule has 1 aromatic heterocycles. The molecule has 0 aliphatic heterocycles. The SMILES string of the molecule is Nc1cccc(/C=C/c2ccc(O)c(-c3ncccn3)c2)c1. The average molecular weight is 289 g/mol. The number of hydrogen-bond acceptors (Lipinski definition) is 4. The van der Waals surface area contributed by atoms with Crippen molar-refractivity contribution >= 4 is 17.8 Å². The van der Waals surface area contributed by atoms with Gasteiger partial charge < -0.3 is 10.8 Å². The van der Waals surface area contributed by atoms with Crippen molar-refractivity contribution in [1.29, 1.82) is 0 Å². The standard InChI is InChI=1S/C18H15N3O/c19-15-4-1-3-13(11-15)5-6-14-7-8-17(22)16(12-14)18-20-9-2-10-21-18/h1-12,22H,19H2/b6-5+. The molecule has 3 N–H and O–H groups in total. The molecule has 2 aromatic carbocycles. The second kappa shape index (κ2) is 6.10. The molecule has 4 nitrogen and oxygen atoms in total. The Morgan fingerprint density at radius 2 is 1.59 bits per heavy atom. The summed E-state index contributed by atoms with van der Waals surface area (Å²) in [5, 5.41) is 9.99. The molecule has 1 heterocycles. The van der Waals surface area contributed by atoms with Gasteiger partial charge in [0.25, 0.3) is 0 Å². The first-order valence-electron chi connectivity index (χ1n) is 6.86. The highest BCUT2D eigenvalue weighted by Crippen LogP contribution is 2.27. The summed E-state index contributed by atoms with van der Waals surface area (Å²) in [7, 11) is 0. The summed E-state index contributed by atoms with van der Waals surface area (Å²) in [6.07, 6.45) is 7.23. The van der Waals surface area contributed by atoms with Crippen LogP contribution < -0.4 is 5.73 Å². The predicted molar refractivity (Wildman–Crippen MR) is 88.9 cm³/mol. The molecular weight excluding hydrogens is 274 g/mol. The lowest BCUT2D eigenvalue weighted by Crippen LogP contribution is -1.88. The second-order valence-corrected chi connectivity index (χ2v) is 4.85. The summed E-state index contributed by atoms with van der Waals surface area (Å²) in [4.78, 5) is 8.34. The van der Waals surface area contributed by atoms with Gasteiger partial charge in [0.05, 0.1) is 5.56 Å². The number of nitrogens with zero attached hydrogens (tertiary/aromatic N) is 2. The zero-order valence-electron chi connectivity index (χ0n) is 11.8. The van der Waals surface area contributed by atoms with Gasteiger partial charge in [-0.3, -0.25) is 0 Å². The molecule has 0 aliphatic carbocycles. The van der Waals surface area contributed by atoms with E-state index in [9.17, 15) is 5.11 Å². The van der Waals surface area contributed by atoms with Crippen LogP contribution >= 0.6 is 0 Å². The Bertz CT molecular complexity index is 814. The van der Waals surface area contributed by atoms with E-state index >= 15 is 0 Å². The van der Waals surface area contributed by atoms with Gasteiger partial charge >= 0.3 is 0 Å². The highest BCUT2D eigenvalue weighted by atomic mass is 16.3. The smallest absolute Gasteiger partial charge is 0.162 e. The number of benzene rings is 2. The van der Waals surface area contributed by atoms with Crippen LogP contribution in [0.15, 0.2) is 60.9 Å². The van der Waals surface area contributed by atoms with Crippen LogP contribution in [0.25, 0.3) is 23.5 Å². The quantitative estimate of drug-likeness (QED) is 0.571. The predicted octanol–water partition coefficient (Wildman–Crippen LogP) is 3.60. The van der Waals surface area contributed by atoms with Gasteiger partial charge in [0, 0.05) is 18.1 Å².